The summed E-state index contributed by atoms with van der Waals surface area (Å²) in [6.45, 7) is 2.77. The summed E-state index contributed by atoms with van der Waals surface area (Å²) < 4.78 is 0. The lowest BCUT2D eigenvalue weighted by atomic mass is 10.1. The number of halogens is 1. The first kappa shape index (κ1) is 16.5. The molecule has 3 aromatic rings. The van der Waals surface area contributed by atoms with Crippen LogP contribution in [0.2, 0.25) is 5.15 Å². The van der Waals surface area contributed by atoms with Crippen molar-refractivity contribution in [1.82, 2.24) is 24.8 Å². The number of fused-ring (bicyclic) bond motifs is 1. The van der Waals surface area contributed by atoms with Crippen LogP contribution in [0.4, 0.5) is 5.82 Å². The van der Waals surface area contributed by atoms with Gasteiger partial charge in [0.2, 0.25) is 0 Å². The summed E-state index contributed by atoms with van der Waals surface area (Å²) in [6, 6.07) is 7.39. The van der Waals surface area contributed by atoms with Crippen LogP contribution in [-0.4, -0.2) is 56.9 Å². The number of amides is 1. The van der Waals surface area contributed by atoms with Gasteiger partial charge in [-0.1, -0.05) is 11.6 Å². The van der Waals surface area contributed by atoms with E-state index < -0.39 is 0 Å². The lowest BCUT2D eigenvalue weighted by Gasteiger charge is -2.35. The topological polar surface area (TPSA) is 78.0 Å². The number of nitrogens with one attached hydrogen (secondary N) is 1. The highest BCUT2D eigenvalue weighted by Gasteiger charge is 2.29. The number of rotatable bonds is 3. The van der Waals surface area contributed by atoms with Crippen molar-refractivity contribution in [2.75, 3.05) is 31.1 Å². The fraction of sp³-hybridized carbons (Fsp3) is 0.368. The Kier molecular flexibility index (Phi) is 3.97. The summed E-state index contributed by atoms with van der Waals surface area (Å²) >= 11 is 6.19. The number of aromatic amines is 1. The zero-order chi connectivity index (χ0) is 18.4. The zero-order valence-corrected chi connectivity index (χ0v) is 15.5. The van der Waals surface area contributed by atoms with E-state index in [4.69, 9.17) is 16.6 Å². The first-order valence-corrected chi connectivity index (χ1v) is 9.57. The average molecular weight is 383 g/mol. The number of nitrogens with zero attached hydrogens (tertiary/aromatic N) is 5. The first-order valence-electron chi connectivity index (χ1n) is 9.19. The molecule has 2 aromatic heterocycles. The van der Waals surface area contributed by atoms with Gasteiger partial charge in [0.25, 0.3) is 5.91 Å². The van der Waals surface area contributed by atoms with Gasteiger partial charge in [-0.3, -0.25) is 4.79 Å². The van der Waals surface area contributed by atoms with E-state index in [1.165, 1.54) is 0 Å². The van der Waals surface area contributed by atoms with E-state index in [2.05, 4.69) is 19.9 Å². The number of hydrogen-bond donors (Lipinski definition) is 1. The number of H-pyrrole nitrogens is 1. The Balaban J connectivity index is 1.29. The van der Waals surface area contributed by atoms with E-state index in [0.717, 1.165) is 48.6 Å². The number of piperazine rings is 1. The summed E-state index contributed by atoms with van der Waals surface area (Å²) in [5, 5.41) is 0.494. The predicted molar refractivity (Wildman–Crippen MR) is 103 cm³/mol. The van der Waals surface area contributed by atoms with Crippen LogP contribution in [0.3, 0.4) is 0 Å². The molecule has 0 unspecified atom stereocenters. The van der Waals surface area contributed by atoms with Gasteiger partial charge < -0.3 is 14.8 Å². The van der Waals surface area contributed by atoms with Gasteiger partial charge in [0, 0.05) is 43.7 Å². The van der Waals surface area contributed by atoms with E-state index in [1.807, 2.05) is 29.2 Å². The number of anilines is 1. The minimum atomic E-state index is 0.0468. The third-order valence-corrected chi connectivity index (χ3v) is 5.39. The first-order chi connectivity index (χ1) is 13.2. The second-order valence-electron chi connectivity index (χ2n) is 7.10. The summed E-state index contributed by atoms with van der Waals surface area (Å²) in [7, 11) is 0. The molecular weight excluding hydrogens is 364 g/mol. The van der Waals surface area contributed by atoms with Crippen LogP contribution in [-0.2, 0) is 0 Å². The molecule has 0 atom stereocenters. The summed E-state index contributed by atoms with van der Waals surface area (Å²) in [4.78, 5) is 33.2. The highest BCUT2D eigenvalue weighted by molar-refractivity contribution is 6.29. The molecule has 27 heavy (non-hydrogen) atoms. The monoisotopic (exact) mass is 382 g/mol. The molecule has 0 bridgehead atoms. The van der Waals surface area contributed by atoms with Crippen LogP contribution in [0.1, 0.15) is 34.9 Å². The molecule has 1 aliphatic carbocycles. The van der Waals surface area contributed by atoms with E-state index in [0.29, 0.717) is 29.7 Å². The highest BCUT2D eigenvalue weighted by Crippen LogP contribution is 2.39. The fourth-order valence-corrected chi connectivity index (χ4v) is 3.68. The molecule has 5 rings (SSSR count). The predicted octanol–water partition coefficient (Wildman–Crippen LogP) is 2.85. The van der Waals surface area contributed by atoms with Crippen LogP contribution >= 0.6 is 11.6 Å². The maximum Gasteiger partial charge on any atom is 0.254 e. The van der Waals surface area contributed by atoms with E-state index in [9.17, 15) is 4.79 Å². The molecule has 1 saturated heterocycles. The molecule has 1 aliphatic heterocycles. The molecule has 2 aliphatic rings. The molecule has 1 aromatic carbocycles. The van der Waals surface area contributed by atoms with E-state index in [-0.39, 0.29) is 5.91 Å². The molecular formula is C19H19ClN6O. The number of carbonyl (C=O) groups is 1. The molecule has 7 nitrogen and oxygen atoms in total. The van der Waals surface area contributed by atoms with Crippen molar-refractivity contribution in [2.24, 2.45) is 0 Å². The summed E-state index contributed by atoms with van der Waals surface area (Å²) in [5.74, 6) is 2.22. The molecule has 138 valence electrons. The zero-order valence-electron chi connectivity index (χ0n) is 14.7. The molecule has 1 amide bonds. The van der Waals surface area contributed by atoms with Gasteiger partial charge in [-0.05, 0) is 31.0 Å². The van der Waals surface area contributed by atoms with Crippen molar-refractivity contribution in [1.29, 1.82) is 0 Å². The fourth-order valence-electron chi connectivity index (χ4n) is 3.50. The van der Waals surface area contributed by atoms with Crippen LogP contribution in [0.5, 0.6) is 0 Å². The number of benzene rings is 1. The van der Waals surface area contributed by atoms with Crippen LogP contribution < -0.4 is 4.90 Å². The molecule has 0 spiro atoms. The maximum atomic E-state index is 12.8. The minimum absolute atomic E-state index is 0.0468. The van der Waals surface area contributed by atoms with Crippen molar-refractivity contribution in [2.45, 2.75) is 18.8 Å². The van der Waals surface area contributed by atoms with Crippen LogP contribution in [0.15, 0.2) is 30.6 Å². The Labute approximate surface area is 161 Å². The van der Waals surface area contributed by atoms with Crippen molar-refractivity contribution >= 4 is 34.4 Å². The van der Waals surface area contributed by atoms with Gasteiger partial charge in [-0.25, -0.2) is 15.0 Å². The number of hydrogen-bond acceptors (Lipinski definition) is 5. The Bertz CT molecular complexity index is 1010. The second-order valence-corrected chi connectivity index (χ2v) is 7.48. The lowest BCUT2D eigenvalue weighted by Crippen LogP contribution is -2.49. The molecule has 2 fully saturated rings. The van der Waals surface area contributed by atoms with Crippen molar-refractivity contribution in [3.63, 3.8) is 0 Å². The SMILES string of the molecule is O=C(c1ccc2nc[nH]c2c1)N1CCN(c2cc(Cl)nc(C3CC3)n2)CC1. The van der Waals surface area contributed by atoms with Gasteiger partial charge in [-0.2, -0.15) is 0 Å². The highest BCUT2D eigenvalue weighted by atomic mass is 35.5. The lowest BCUT2D eigenvalue weighted by molar-refractivity contribution is 0.0746. The van der Waals surface area contributed by atoms with Gasteiger partial charge in [0.05, 0.1) is 17.4 Å². The quantitative estimate of drug-likeness (QED) is 0.705. The maximum absolute atomic E-state index is 12.8. The van der Waals surface area contributed by atoms with Gasteiger partial charge in [0.15, 0.2) is 0 Å². The number of imidazole rings is 1. The van der Waals surface area contributed by atoms with Crippen molar-refractivity contribution < 1.29 is 4.79 Å². The molecule has 3 heterocycles. The van der Waals surface area contributed by atoms with E-state index in [1.54, 1.807) is 6.33 Å². The van der Waals surface area contributed by atoms with Gasteiger partial charge >= 0.3 is 0 Å². The number of carbonyl (C=O) groups excluding carboxylic acids is 1. The Morgan fingerprint density at radius 1 is 1.11 bits per heavy atom. The summed E-state index contributed by atoms with van der Waals surface area (Å²) in [6.07, 6.45) is 3.92. The average Bonchev–Trinajstić information content (AvgIpc) is 3.44. The Morgan fingerprint density at radius 2 is 1.93 bits per heavy atom. The molecule has 8 heteroatoms. The molecule has 1 saturated carbocycles. The van der Waals surface area contributed by atoms with Crippen LogP contribution in [0, 0.1) is 0 Å². The normalized spacial score (nSPS) is 17.5. The molecule has 0 radical (unpaired) electrons. The summed E-state index contributed by atoms with van der Waals surface area (Å²) in [5.41, 5.74) is 2.42. The van der Waals surface area contributed by atoms with Crippen LogP contribution in [0.25, 0.3) is 11.0 Å². The van der Waals surface area contributed by atoms with E-state index >= 15 is 0 Å². The minimum Gasteiger partial charge on any atom is -0.353 e. The third-order valence-electron chi connectivity index (χ3n) is 5.20. The van der Waals surface area contributed by atoms with Crippen molar-refractivity contribution in [3.05, 3.63) is 47.1 Å². The second kappa shape index (κ2) is 6.49. The third kappa shape index (κ3) is 3.23. The van der Waals surface area contributed by atoms with Gasteiger partial charge in [0.1, 0.15) is 16.8 Å². The molecule has 1 N–H and O–H groups in total. The standard InChI is InChI=1S/C19H19ClN6O/c20-16-10-17(24-18(23-16)12-1-2-12)25-5-7-26(8-6-25)19(27)13-3-4-14-15(9-13)22-11-21-14/h3-4,9-12H,1-2,5-8H2,(H,21,22). The van der Waals surface area contributed by atoms with Gasteiger partial charge in [-0.15, -0.1) is 0 Å². The smallest absolute Gasteiger partial charge is 0.254 e. The Morgan fingerprint density at radius 3 is 2.70 bits per heavy atom. The Hall–Kier alpha value is -2.67. The number of aromatic nitrogens is 4. The van der Waals surface area contributed by atoms with Crippen molar-refractivity contribution in [3.8, 4) is 0 Å². The largest absolute Gasteiger partial charge is 0.353 e.